The van der Waals surface area contributed by atoms with E-state index in [1.165, 1.54) is 0 Å². The summed E-state index contributed by atoms with van der Waals surface area (Å²) >= 11 is 1.76. The number of nitrogens with one attached hydrogen (secondary N) is 1. The van der Waals surface area contributed by atoms with Crippen molar-refractivity contribution in [3.63, 3.8) is 0 Å². The number of rotatable bonds is 3. The minimum Gasteiger partial charge on any atom is -0.359 e. The van der Waals surface area contributed by atoms with Crippen LogP contribution in [0.4, 0.5) is 0 Å². The second kappa shape index (κ2) is 4.88. The smallest absolute Gasteiger partial charge is 0.247 e. The molecule has 96 valence electrons. The van der Waals surface area contributed by atoms with Crippen LogP contribution in [0.1, 0.15) is 33.1 Å². The SMILES string of the molecule is CCC1(CC)CSC(=NC2CCN(C)C2=O)N1. The van der Waals surface area contributed by atoms with E-state index in [0.29, 0.717) is 0 Å². The van der Waals surface area contributed by atoms with E-state index in [1.807, 2.05) is 7.05 Å². The average molecular weight is 255 g/mol. The third-order valence-electron chi connectivity index (χ3n) is 3.88. The molecule has 0 spiro atoms. The maximum Gasteiger partial charge on any atom is 0.247 e. The summed E-state index contributed by atoms with van der Waals surface area (Å²) in [7, 11) is 1.85. The van der Waals surface area contributed by atoms with Crippen LogP contribution in [-0.2, 0) is 4.79 Å². The first-order valence-electron chi connectivity index (χ1n) is 6.34. The first kappa shape index (κ1) is 12.7. The molecule has 4 nitrogen and oxygen atoms in total. The summed E-state index contributed by atoms with van der Waals surface area (Å²) < 4.78 is 0. The van der Waals surface area contributed by atoms with Crippen molar-refractivity contribution in [1.82, 2.24) is 10.2 Å². The molecule has 0 aromatic heterocycles. The fraction of sp³-hybridized carbons (Fsp3) is 0.833. The summed E-state index contributed by atoms with van der Waals surface area (Å²) in [6.45, 7) is 5.24. The standard InChI is InChI=1S/C12H21N3OS/c1-4-12(5-2)8-17-11(14-12)13-9-6-7-15(3)10(9)16/h9H,4-8H2,1-3H3,(H,13,14). The van der Waals surface area contributed by atoms with Gasteiger partial charge >= 0.3 is 0 Å². The van der Waals surface area contributed by atoms with Crippen molar-refractivity contribution in [3.8, 4) is 0 Å². The van der Waals surface area contributed by atoms with E-state index in [2.05, 4.69) is 24.2 Å². The molecule has 0 radical (unpaired) electrons. The van der Waals surface area contributed by atoms with Gasteiger partial charge in [-0.3, -0.25) is 4.79 Å². The van der Waals surface area contributed by atoms with Crippen LogP contribution in [0.5, 0.6) is 0 Å². The molecule has 2 aliphatic heterocycles. The molecule has 0 saturated carbocycles. The summed E-state index contributed by atoms with van der Waals surface area (Å²) in [6, 6.07) is -0.153. The van der Waals surface area contributed by atoms with Crippen LogP contribution in [-0.4, -0.2) is 46.9 Å². The second-order valence-corrected chi connectivity index (χ2v) is 5.86. The Bertz CT molecular complexity index is 339. The van der Waals surface area contributed by atoms with Gasteiger partial charge in [-0.2, -0.15) is 0 Å². The van der Waals surface area contributed by atoms with Gasteiger partial charge in [0.15, 0.2) is 5.17 Å². The highest BCUT2D eigenvalue weighted by Gasteiger charge is 2.36. The number of carbonyl (C=O) groups is 1. The van der Waals surface area contributed by atoms with Crippen LogP contribution in [0.3, 0.4) is 0 Å². The van der Waals surface area contributed by atoms with E-state index in [1.54, 1.807) is 16.7 Å². The number of hydrogen-bond donors (Lipinski definition) is 1. The molecule has 0 aromatic carbocycles. The highest BCUT2D eigenvalue weighted by molar-refractivity contribution is 8.14. The molecule has 2 fully saturated rings. The minimum absolute atomic E-state index is 0.153. The third-order valence-corrected chi connectivity index (χ3v) is 5.06. The number of carbonyl (C=O) groups excluding carboxylic acids is 1. The molecule has 0 aliphatic carbocycles. The van der Waals surface area contributed by atoms with Crippen LogP contribution in [0.2, 0.25) is 0 Å². The Labute approximate surface area is 107 Å². The zero-order chi connectivity index (χ0) is 12.5. The molecule has 17 heavy (non-hydrogen) atoms. The molecule has 1 unspecified atom stereocenters. The Morgan fingerprint density at radius 3 is 2.71 bits per heavy atom. The van der Waals surface area contributed by atoms with Crippen molar-refractivity contribution >= 4 is 22.8 Å². The quantitative estimate of drug-likeness (QED) is 0.830. The van der Waals surface area contributed by atoms with Crippen LogP contribution >= 0.6 is 11.8 Å². The van der Waals surface area contributed by atoms with Crippen molar-refractivity contribution < 1.29 is 4.79 Å². The molecule has 2 rings (SSSR count). The topological polar surface area (TPSA) is 44.7 Å². The zero-order valence-electron chi connectivity index (χ0n) is 10.8. The Morgan fingerprint density at radius 2 is 2.24 bits per heavy atom. The van der Waals surface area contributed by atoms with E-state index in [4.69, 9.17) is 0 Å². The molecule has 0 bridgehead atoms. The van der Waals surface area contributed by atoms with Gasteiger partial charge in [0.1, 0.15) is 6.04 Å². The molecule has 2 aliphatic rings. The van der Waals surface area contributed by atoms with Gasteiger partial charge < -0.3 is 10.2 Å². The number of nitrogens with zero attached hydrogens (tertiary/aromatic N) is 2. The number of aliphatic imine (C=N–C) groups is 1. The number of amidine groups is 1. The molecular weight excluding hydrogens is 234 g/mol. The Morgan fingerprint density at radius 1 is 1.53 bits per heavy atom. The first-order valence-corrected chi connectivity index (χ1v) is 7.32. The summed E-state index contributed by atoms with van der Waals surface area (Å²) in [5.41, 5.74) is 0.192. The largest absolute Gasteiger partial charge is 0.359 e. The van der Waals surface area contributed by atoms with E-state index >= 15 is 0 Å². The summed E-state index contributed by atoms with van der Waals surface area (Å²) in [4.78, 5) is 18.1. The fourth-order valence-corrected chi connectivity index (χ4v) is 3.66. The van der Waals surface area contributed by atoms with Crippen molar-refractivity contribution in [2.45, 2.75) is 44.7 Å². The summed E-state index contributed by atoms with van der Waals surface area (Å²) in [6.07, 6.45) is 3.06. The first-order chi connectivity index (χ1) is 8.10. The predicted octanol–water partition coefficient (Wildman–Crippen LogP) is 1.47. The average Bonchev–Trinajstić information content (AvgIpc) is 2.89. The maximum atomic E-state index is 11.8. The summed E-state index contributed by atoms with van der Waals surface area (Å²) in [5.74, 6) is 1.22. The van der Waals surface area contributed by atoms with Crippen LogP contribution < -0.4 is 5.32 Å². The zero-order valence-corrected chi connectivity index (χ0v) is 11.6. The van der Waals surface area contributed by atoms with Gasteiger partial charge in [0.25, 0.3) is 0 Å². The normalized spacial score (nSPS) is 30.1. The monoisotopic (exact) mass is 255 g/mol. The van der Waals surface area contributed by atoms with Crippen molar-refractivity contribution in [2.75, 3.05) is 19.3 Å². The van der Waals surface area contributed by atoms with Gasteiger partial charge in [-0.05, 0) is 19.3 Å². The van der Waals surface area contributed by atoms with Gasteiger partial charge in [-0.1, -0.05) is 25.6 Å². The van der Waals surface area contributed by atoms with Crippen LogP contribution in [0, 0.1) is 0 Å². The third kappa shape index (κ3) is 2.44. The summed E-state index contributed by atoms with van der Waals surface area (Å²) in [5, 5.41) is 4.47. The predicted molar refractivity (Wildman–Crippen MR) is 72.4 cm³/mol. The van der Waals surface area contributed by atoms with Crippen LogP contribution in [0.15, 0.2) is 4.99 Å². The lowest BCUT2D eigenvalue weighted by atomic mass is 9.96. The Balaban J connectivity index is 2.03. The van der Waals surface area contributed by atoms with Gasteiger partial charge in [-0.15, -0.1) is 0 Å². The Hall–Kier alpha value is -0.710. The lowest BCUT2D eigenvalue weighted by molar-refractivity contribution is -0.127. The molecule has 5 heteroatoms. The second-order valence-electron chi connectivity index (χ2n) is 4.90. The lowest BCUT2D eigenvalue weighted by Crippen LogP contribution is -2.42. The maximum absolute atomic E-state index is 11.8. The molecule has 2 heterocycles. The van der Waals surface area contributed by atoms with E-state index in [9.17, 15) is 4.79 Å². The fourth-order valence-electron chi connectivity index (χ4n) is 2.27. The highest BCUT2D eigenvalue weighted by atomic mass is 32.2. The van der Waals surface area contributed by atoms with Gasteiger partial charge in [0, 0.05) is 24.9 Å². The number of amides is 1. The van der Waals surface area contributed by atoms with Crippen molar-refractivity contribution in [2.24, 2.45) is 4.99 Å². The highest BCUT2D eigenvalue weighted by Crippen LogP contribution is 2.29. The van der Waals surface area contributed by atoms with Crippen molar-refractivity contribution in [3.05, 3.63) is 0 Å². The van der Waals surface area contributed by atoms with Crippen LogP contribution in [0.25, 0.3) is 0 Å². The van der Waals surface area contributed by atoms with Gasteiger partial charge in [-0.25, -0.2) is 4.99 Å². The molecular formula is C12H21N3OS. The van der Waals surface area contributed by atoms with Gasteiger partial charge in [0.05, 0.1) is 0 Å². The molecule has 1 amide bonds. The number of thioether (sulfide) groups is 1. The lowest BCUT2D eigenvalue weighted by Gasteiger charge is -2.25. The Kier molecular flexibility index (Phi) is 3.66. The molecule has 1 N–H and O–H groups in total. The van der Waals surface area contributed by atoms with E-state index < -0.39 is 0 Å². The molecule has 0 aromatic rings. The number of likely N-dealkylation sites (tertiary alicyclic amines) is 1. The minimum atomic E-state index is -0.153. The van der Waals surface area contributed by atoms with E-state index in [-0.39, 0.29) is 17.5 Å². The molecule has 2 saturated heterocycles. The van der Waals surface area contributed by atoms with E-state index in [0.717, 1.165) is 36.7 Å². The molecule has 1 atom stereocenters. The number of hydrogen-bond acceptors (Lipinski definition) is 3. The number of likely N-dealkylation sites (N-methyl/N-ethyl adjacent to an activating group) is 1. The van der Waals surface area contributed by atoms with Gasteiger partial charge in [0.2, 0.25) is 5.91 Å². The van der Waals surface area contributed by atoms with Crippen molar-refractivity contribution in [1.29, 1.82) is 0 Å².